The van der Waals surface area contributed by atoms with Crippen LogP contribution in [0.2, 0.25) is 0 Å². The Balaban J connectivity index is 1.62. The van der Waals surface area contributed by atoms with Gasteiger partial charge in [0, 0.05) is 18.3 Å². The van der Waals surface area contributed by atoms with Crippen LogP contribution in [0.3, 0.4) is 0 Å². The fourth-order valence-electron chi connectivity index (χ4n) is 8.41. The molecule has 0 aromatic carbocycles. The second-order valence-corrected chi connectivity index (χ2v) is 11.2. The number of aliphatic hydroxyl groups is 2. The molecule has 0 amide bonds. The van der Waals surface area contributed by atoms with Crippen LogP contribution in [-0.2, 0) is 9.59 Å². The van der Waals surface area contributed by atoms with Gasteiger partial charge in [0.15, 0.2) is 0 Å². The highest BCUT2D eigenvalue weighted by Gasteiger charge is 2.65. The largest absolute Gasteiger partial charge is 0.481 e. The van der Waals surface area contributed by atoms with Gasteiger partial charge in [0.1, 0.15) is 5.78 Å². The zero-order valence-electron chi connectivity index (χ0n) is 18.1. The van der Waals surface area contributed by atoms with Gasteiger partial charge in [-0.05, 0) is 85.9 Å². The van der Waals surface area contributed by atoms with Gasteiger partial charge in [-0.15, -0.1) is 0 Å². The lowest BCUT2D eigenvalue weighted by atomic mass is 9.43. The summed E-state index contributed by atoms with van der Waals surface area (Å²) in [5, 5.41) is 30.5. The lowest BCUT2D eigenvalue weighted by Crippen LogP contribution is -2.61. The van der Waals surface area contributed by atoms with Crippen LogP contribution in [0.4, 0.5) is 0 Å². The van der Waals surface area contributed by atoms with Crippen molar-refractivity contribution in [2.24, 2.45) is 46.3 Å². The molecule has 4 saturated carbocycles. The standard InChI is InChI=1S/C24H38O5/c1-13(4-7-21(28)29)16-5-6-17-22-18(12-20(27)24(16,17)3)23(2)9-8-15(25)10-14(23)11-19(22)26/h13-19,22,25-26H,4-12H2,1-3H3,(H,28,29)/t13-,14-,15+,16+,17-,18-,19-,22-,23+,24-/m1/s1. The third-order valence-electron chi connectivity index (χ3n) is 10.1. The lowest BCUT2D eigenvalue weighted by molar-refractivity contribution is -0.181. The molecule has 0 unspecified atom stereocenters. The number of aliphatic hydroxyl groups excluding tert-OH is 2. The Labute approximate surface area is 174 Å². The summed E-state index contributed by atoms with van der Waals surface area (Å²) in [6.07, 6.45) is 5.82. The Morgan fingerprint density at radius 3 is 2.55 bits per heavy atom. The van der Waals surface area contributed by atoms with E-state index in [1.165, 1.54) is 0 Å². The maximum atomic E-state index is 13.6. The molecule has 5 nitrogen and oxygen atoms in total. The zero-order valence-corrected chi connectivity index (χ0v) is 18.1. The van der Waals surface area contributed by atoms with E-state index >= 15 is 0 Å². The number of aliphatic carboxylic acids is 1. The van der Waals surface area contributed by atoms with Crippen LogP contribution in [0.1, 0.15) is 78.6 Å². The van der Waals surface area contributed by atoms with E-state index < -0.39 is 17.5 Å². The first-order valence-corrected chi connectivity index (χ1v) is 11.7. The summed E-state index contributed by atoms with van der Waals surface area (Å²) in [4.78, 5) is 24.7. The van der Waals surface area contributed by atoms with Crippen molar-refractivity contribution in [3.8, 4) is 0 Å². The van der Waals surface area contributed by atoms with E-state index in [1.807, 2.05) is 0 Å². The van der Waals surface area contributed by atoms with E-state index in [9.17, 15) is 19.8 Å². The molecule has 0 aromatic rings. The maximum absolute atomic E-state index is 13.6. The number of ketones is 1. The number of hydrogen-bond acceptors (Lipinski definition) is 4. The van der Waals surface area contributed by atoms with Crippen LogP contribution in [0.15, 0.2) is 0 Å². The van der Waals surface area contributed by atoms with E-state index in [4.69, 9.17) is 5.11 Å². The Hall–Kier alpha value is -0.940. The quantitative estimate of drug-likeness (QED) is 0.662. The van der Waals surface area contributed by atoms with E-state index in [-0.39, 0.29) is 47.5 Å². The monoisotopic (exact) mass is 406 g/mol. The molecule has 4 rings (SSSR count). The second kappa shape index (κ2) is 7.33. The third-order valence-corrected chi connectivity index (χ3v) is 10.1. The van der Waals surface area contributed by atoms with Gasteiger partial charge in [0.25, 0.3) is 0 Å². The van der Waals surface area contributed by atoms with Crippen molar-refractivity contribution < 1.29 is 24.9 Å². The predicted octanol–water partition coefficient (Wildman–Crippen LogP) is 3.66. The average Bonchev–Trinajstić information content (AvgIpc) is 3.01. The molecule has 5 heteroatoms. The fourth-order valence-corrected chi connectivity index (χ4v) is 8.41. The number of rotatable bonds is 4. The Morgan fingerprint density at radius 1 is 1.14 bits per heavy atom. The summed E-state index contributed by atoms with van der Waals surface area (Å²) in [6.45, 7) is 6.54. The minimum Gasteiger partial charge on any atom is -0.481 e. The molecule has 0 aromatic heterocycles. The topological polar surface area (TPSA) is 94.8 Å². The van der Waals surface area contributed by atoms with Crippen molar-refractivity contribution in [1.82, 2.24) is 0 Å². The van der Waals surface area contributed by atoms with E-state index in [1.54, 1.807) is 0 Å². The fraction of sp³-hybridized carbons (Fsp3) is 0.917. The van der Waals surface area contributed by atoms with Crippen molar-refractivity contribution >= 4 is 11.8 Å². The van der Waals surface area contributed by atoms with Gasteiger partial charge in [0.05, 0.1) is 12.2 Å². The molecule has 0 aliphatic heterocycles. The molecule has 10 atom stereocenters. The Morgan fingerprint density at radius 2 is 1.86 bits per heavy atom. The van der Waals surface area contributed by atoms with Crippen molar-refractivity contribution in [2.75, 3.05) is 0 Å². The van der Waals surface area contributed by atoms with Gasteiger partial charge in [-0.2, -0.15) is 0 Å². The Bertz CT molecular complexity index is 676. The van der Waals surface area contributed by atoms with E-state index in [0.717, 1.165) is 38.5 Å². The smallest absolute Gasteiger partial charge is 0.303 e. The molecular weight excluding hydrogens is 368 g/mol. The predicted molar refractivity (Wildman–Crippen MR) is 109 cm³/mol. The maximum Gasteiger partial charge on any atom is 0.303 e. The minimum absolute atomic E-state index is 0.0348. The third kappa shape index (κ3) is 3.18. The lowest BCUT2D eigenvalue weighted by Gasteiger charge is -2.61. The first kappa shape index (κ1) is 21.3. The molecule has 0 heterocycles. The van der Waals surface area contributed by atoms with Crippen LogP contribution in [-0.4, -0.2) is 39.3 Å². The Kier molecular flexibility index (Phi) is 5.39. The van der Waals surface area contributed by atoms with Gasteiger partial charge in [0.2, 0.25) is 0 Å². The molecular formula is C24H38O5. The molecule has 29 heavy (non-hydrogen) atoms. The van der Waals surface area contributed by atoms with Crippen LogP contribution in [0.5, 0.6) is 0 Å². The van der Waals surface area contributed by atoms with Crippen LogP contribution in [0, 0.1) is 46.3 Å². The molecule has 164 valence electrons. The van der Waals surface area contributed by atoms with Crippen LogP contribution >= 0.6 is 0 Å². The number of carbonyl (C=O) groups excluding carboxylic acids is 1. The molecule has 4 aliphatic rings. The van der Waals surface area contributed by atoms with Gasteiger partial charge in [-0.25, -0.2) is 0 Å². The molecule has 4 fully saturated rings. The van der Waals surface area contributed by atoms with Gasteiger partial charge < -0.3 is 15.3 Å². The van der Waals surface area contributed by atoms with Crippen molar-refractivity contribution in [1.29, 1.82) is 0 Å². The summed E-state index contributed by atoms with van der Waals surface area (Å²) >= 11 is 0. The average molecular weight is 407 g/mol. The first-order valence-electron chi connectivity index (χ1n) is 11.7. The SMILES string of the molecule is C[C@H](CCC(=O)O)[C@@H]1CC[C@@H]2[C@H]3[C@H](O)C[C@H]4C[C@@H](O)CC[C@]4(C)[C@@H]3CC(=O)[C@@]21C. The highest BCUT2D eigenvalue weighted by atomic mass is 16.4. The first-order chi connectivity index (χ1) is 13.6. The molecule has 0 saturated heterocycles. The molecule has 3 N–H and O–H groups in total. The second-order valence-electron chi connectivity index (χ2n) is 11.2. The molecule has 0 bridgehead atoms. The molecule has 0 spiro atoms. The highest BCUT2D eigenvalue weighted by Crippen LogP contribution is 2.67. The number of carbonyl (C=O) groups is 2. The number of carboxylic acid groups (broad SMARTS) is 1. The van der Waals surface area contributed by atoms with Crippen LogP contribution < -0.4 is 0 Å². The van der Waals surface area contributed by atoms with Gasteiger partial charge in [-0.3, -0.25) is 9.59 Å². The number of hydrogen-bond donors (Lipinski definition) is 3. The van der Waals surface area contributed by atoms with Gasteiger partial charge in [-0.1, -0.05) is 20.8 Å². The summed E-state index contributed by atoms with van der Waals surface area (Å²) in [6, 6.07) is 0. The molecule has 4 aliphatic carbocycles. The van der Waals surface area contributed by atoms with Crippen molar-refractivity contribution in [2.45, 2.75) is 90.8 Å². The number of carboxylic acids is 1. The normalized spacial score (nSPS) is 50.4. The van der Waals surface area contributed by atoms with Crippen molar-refractivity contribution in [3.05, 3.63) is 0 Å². The van der Waals surface area contributed by atoms with Crippen molar-refractivity contribution in [3.63, 3.8) is 0 Å². The van der Waals surface area contributed by atoms with Gasteiger partial charge >= 0.3 is 5.97 Å². The molecule has 0 radical (unpaired) electrons. The summed E-state index contributed by atoms with van der Waals surface area (Å²) in [7, 11) is 0. The summed E-state index contributed by atoms with van der Waals surface area (Å²) in [5.41, 5.74) is -0.398. The minimum atomic E-state index is -0.771. The zero-order chi connectivity index (χ0) is 21.1. The van der Waals surface area contributed by atoms with E-state index in [2.05, 4.69) is 20.8 Å². The summed E-state index contributed by atoms with van der Waals surface area (Å²) < 4.78 is 0. The summed E-state index contributed by atoms with van der Waals surface area (Å²) in [5.74, 6) is 0.855. The van der Waals surface area contributed by atoms with Crippen LogP contribution in [0.25, 0.3) is 0 Å². The number of Topliss-reactive ketones (excluding diaryl/α,β-unsaturated/α-hetero) is 1. The number of fused-ring (bicyclic) bond motifs is 5. The van der Waals surface area contributed by atoms with E-state index in [0.29, 0.717) is 24.5 Å². The highest BCUT2D eigenvalue weighted by molar-refractivity contribution is 5.87.